The van der Waals surface area contributed by atoms with Crippen LogP contribution in [0.2, 0.25) is 0 Å². The number of benzene rings is 1. The second-order valence-electron chi connectivity index (χ2n) is 4.30. The lowest BCUT2D eigenvalue weighted by Gasteiger charge is -2.09. The van der Waals surface area contributed by atoms with Gasteiger partial charge in [0, 0.05) is 20.1 Å². The van der Waals surface area contributed by atoms with E-state index in [-0.39, 0.29) is 6.61 Å². The minimum atomic E-state index is -0.433. The molecule has 1 aromatic carbocycles. The first-order valence-corrected chi connectivity index (χ1v) is 5.91. The molecule has 1 heterocycles. The summed E-state index contributed by atoms with van der Waals surface area (Å²) in [5.41, 5.74) is 2.04. The second kappa shape index (κ2) is 5.29. The van der Waals surface area contributed by atoms with Crippen molar-refractivity contribution in [2.45, 2.75) is 25.4 Å². The molecule has 1 unspecified atom stereocenters. The van der Waals surface area contributed by atoms with E-state index in [2.05, 4.69) is 4.98 Å². The number of aliphatic hydroxyl groups excluding tert-OH is 2. The van der Waals surface area contributed by atoms with Gasteiger partial charge in [-0.05, 0) is 25.0 Å². The first kappa shape index (κ1) is 12.1. The first-order chi connectivity index (χ1) is 8.22. The quantitative estimate of drug-likeness (QED) is 0.818. The van der Waals surface area contributed by atoms with Crippen LogP contribution in [0.4, 0.5) is 0 Å². The maximum Gasteiger partial charge on any atom is 0.112 e. The minimum absolute atomic E-state index is 0.125. The summed E-state index contributed by atoms with van der Waals surface area (Å²) < 4.78 is 2.01. The number of aliphatic hydroxyl groups is 2. The summed E-state index contributed by atoms with van der Waals surface area (Å²) in [5.74, 6) is 0.886. The van der Waals surface area contributed by atoms with Gasteiger partial charge in [0.2, 0.25) is 0 Å². The molecular weight excluding hydrogens is 216 g/mol. The predicted molar refractivity (Wildman–Crippen MR) is 66.7 cm³/mol. The third-order valence-corrected chi connectivity index (χ3v) is 2.99. The molecule has 1 aromatic heterocycles. The summed E-state index contributed by atoms with van der Waals surface area (Å²) in [7, 11) is 1.96. The van der Waals surface area contributed by atoms with Crippen LogP contribution in [0.1, 0.15) is 18.7 Å². The Morgan fingerprint density at radius 1 is 1.35 bits per heavy atom. The minimum Gasteiger partial charge on any atom is -0.396 e. The molecule has 2 N–H and O–H groups in total. The summed E-state index contributed by atoms with van der Waals surface area (Å²) in [6, 6.07) is 7.93. The van der Waals surface area contributed by atoms with Crippen molar-refractivity contribution in [3.63, 3.8) is 0 Å². The Hall–Kier alpha value is -1.39. The Bertz CT molecular complexity index is 493. The molecule has 4 heteroatoms. The van der Waals surface area contributed by atoms with Gasteiger partial charge < -0.3 is 14.8 Å². The topological polar surface area (TPSA) is 58.3 Å². The summed E-state index contributed by atoms with van der Waals surface area (Å²) in [5, 5.41) is 18.5. The molecule has 0 aliphatic heterocycles. The van der Waals surface area contributed by atoms with Crippen molar-refractivity contribution >= 4 is 11.0 Å². The summed E-state index contributed by atoms with van der Waals surface area (Å²) in [4.78, 5) is 4.50. The van der Waals surface area contributed by atoms with E-state index in [0.29, 0.717) is 19.3 Å². The molecule has 17 heavy (non-hydrogen) atoms. The average molecular weight is 234 g/mol. The van der Waals surface area contributed by atoms with Crippen LogP contribution in [0.25, 0.3) is 11.0 Å². The van der Waals surface area contributed by atoms with E-state index in [4.69, 9.17) is 5.11 Å². The molecule has 0 aliphatic rings. The van der Waals surface area contributed by atoms with Gasteiger partial charge in [-0.1, -0.05) is 12.1 Å². The Balaban J connectivity index is 2.16. The van der Waals surface area contributed by atoms with Crippen molar-refractivity contribution in [3.8, 4) is 0 Å². The molecule has 0 bridgehead atoms. The molecule has 0 fully saturated rings. The van der Waals surface area contributed by atoms with Crippen LogP contribution >= 0.6 is 0 Å². The molecule has 0 saturated carbocycles. The molecule has 0 radical (unpaired) electrons. The number of para-hydroxylation sites is 2. The molecular formula is C13H18N2O2. The van der Waals surface area contributed by atoms with E-state index >= 15 is 0 Å². The number of aryl methyl sites for hydroxylation is 1. The lowest BCUT2D eigenvalue weighted by atomic mass is 10.1. The monoisotopic (exact) mass is 234 g/mol. The van der Waals surface area contributed by atoms with Gasteiger partial charge >= 0.3 is 0 Å². The van der Waals surface area contributed by atoms with Crippen molar-refractivity contribution in [3.05, 3.63) is 30.1 Å². The fraction of sp³-hybridized carbons (Fsp3) is 0.462. The normalized spacial score (nSPS) is 13.1. The highest BCUT2D eigenvalue weighted by Gasteiger charge is 2.11. The Morgan fingerprint density at radius 3 is 2.82 bits per heavy atom. The fourth-order valence-electron chi connectivity index (χ4n) is 2.02. The first-order valence-electron chi connectivity index (χ1n) is 5.91. The highest BCUT2D eigenvalue weighted by Crippen LogP contribution is 2.16. The van der Waals surface area contributed by atoms with Gasteiger partial charge in [0.05, 0.1) is 17.1 Å². The smallest absolute Gasteiger partial charge is 0.112 e. The van der Waals surface area contributed by atoms with Crippen LogP contribution in [0.5, 0.6) is 0 Å². The van der Waals surface area contributed by atoms with Gasteiger partial charge in [-0.25, -0.2) is 4.98 Å². The van der Waals surface area contributed by atoms with Crippen molar-refractivity contribution in [1.82, 2.24) is 9.55 Å². The molecule has 2 aromatic rings. The molecule has 92 valence electrons. The number of hydrogen-bond acceptors (Lipinski definition) is 3. The summed E-state index contributed by atoms with van der Waals surface area (Å²) in [6.45, 7) is 0.125. The van der Waals surface area contributed by atoms with Gasteiger partial charge in [0.1, 0.15) is 5.82 Å². The third-order valence-electron chi connectivity index (χ3n) is 2.99. The van der Waals surface area contributed by atoms with Gasteiger partial charge in [-0.2, -0.15) is 0 Å². The molecule has 0 spiro atoms. The van der Waals surface area contributed by atoms with Crippen LogP contribution in [0.15, 0.2) is 24.3 Å². The zero-order chi connectivity index (χ0) is 12.3. The SMILES string of the molecule is Cn1c(CC(O)CCCO)nc2ccccc21. The molecule has 1 atom stereocenters. The third kappa shape index (κ3) is 2.65. The fourth-order valence-corrected chi connectivity index (χ4v) is 2.02. The number of fused-ring (bicyclic) bond motifs is 1. The Kier molecular flexibility index (Phi) is 3.76. The molecule has 0 amide bonds. The molecule has 0 saturated heterocycles. The number of aromatic nitrogens is 2. The van der Waals surface area contributed by atoms with Crippen molar-refractivity contribution in [1.29, 1.82) is 0 Å². The summed E-state index contributed by atoms with van der Waals surface area (Å²) >= 11 is 0. The van der Waals surface area contributed by atoms with Crippen LogP contribution in [0.3, 0.4) is 0 Å². The van der Waals surface area contributed by atoms with Gasteiger partial charge in [0.25, 0.3) is 0 Å². The highest BCUT2D eigenvalue weighted by molar-refractivity contribution is 5.75. The van der Waals surface area contributed by atoms with Crippen LogP contribution in [-0.4, -0.2) is 32.5 Å². The highest BCUT2D eigenvalue weighted by atomic mass is 16.3. The van der Waals surface area contributed by atoms with Crippen LogP contribution in [0, 0.1) is 0 Å². The lowest BCUT2D eigenvalue weighted by molar-refractivity contribution is 0.147. The number of imidazole rings is 1. The van der Waals surface area contributed by atoms with E-state index in [1.54, 1.807) is 0 Å². The van der Waals surface area contributed by atoms with Gasteiger partial charge in [0.15, 0.2) is 0 Å². The van der Waals surface area contributed by atoms with E-state index in [1.807, 2.05) is 35.9 Å². The van der Waals surface area contributed by atoms with E-state index in [1.165, 1.54) is 0 Å². The predicted octanol–water partition coefficient (Wildman–Crippen LogP) is 1.25. The lowest BCUT2D eigenvalue weighted by Crippen LogP contribution is -2.14. The van der Waals surface area contributed by atoms with Crippen molar-refractivity contribution in [2.75, 3.05) is 6.61 Å². The van der Waals surface area contributed by atoms with Crippen LogP contribution < -0.4 is 0 Å². The molecule has 0 aliphatic carbocycles. The number of hydrogen-bond donors (Lipinski definition) is 2. The number of rotatable bonds is 5. The molecule has 2 rings (SSSR count). The van der Waals surface area contributed by atoms with Gasteiger partial charge in [-0.15, -0.1) is 0 Å². The maximum atomic E-state index is 9.82. The van der Waals surface area contributed by atoms with Gasteiger partial charge in [-0.3, -0.25) is 0 Å². The van der Waals surface area contributed by atoms with Crippen LogP contribution in [-0.2, 0) is 13.5 Å². The Labute approximate surface area is 101 Å². The largest absolute Gasteiger partial charge is 0.396 e. The van der Waals surface area contributed by atoms with Crippen molar-refractivity contribution in [2.24, 2.45) is 7.05 Å². The maximum absolute atomic E-state index is 9.82. The number of nitrogens with zero attached hydrogens (tertiary/aromatic N) is 2. The zero-order valence-corrected chi connectivity index (χ0v) is 10.0. The standard InChI is InChI=1S/C13H18N2O2/c1-15-12-7-3-2-6-11(12)14-13(15)9-10(17)5-4-8-16/h2-3,6-7,10,16-17H,4-5,8-9H2,1H3. The summed E-state index contributed by atoms with van der Waals surface area (Å²) in [6.07, 6.45) is 1.34. The van der Waals surface area contributed by atoms with E-state index < -0.39 is 6.10 Å². The Morgan fingerprint density at radius 2 is 2.12 bits per heavy atom. The molecule has 4 nitrogen and oxygen atoms in total. The second-order valence-corrected chi connectivity index (χ2v) is 4.30. The van der Waals surface area contributed by atoms with Crippen molar-refractivity contribution < 1.29 is 10.2 Å². The average Bonchev–Trinajstić information content (AvgIpc) is 2.64. The van der Waals surface area contributed by atoms with E-state index in [9.17, 15) is 5.11 Å². The zero-order valence-electron chi connectivity index (χ0n) is 10.0. The van der Waals surface area contributed by atoms with E-state index in [0.717, 1.165) is 16.9 Å².